The van der Waals surface area contributed by atoms with Crippen LogP contribution in [-0.4, -0.2) is 34.6 Å². The van der Waals surface area contributed by atoms with Crippen molar-refractivity contribution in [3.8, 4) is 11.5 Å². The maximum atomic E-state index is 10.9. The number of hydrogen-bond acceptors (Lipinski definition) is 5. The highest BCUT2D eigenvalue weighted by Gasteiger charge is 2.31. The first kappa shape index (κ1) is 14.5. The molecule has 0 saturated carbocycles. The summed E-state index contributed by atoms with van der Waals surface area (Å²) in [6, 6.07) is 2.96. The molecule has 2 atom stereocenters. The Hall–Kier alpha value is -0.920. The van der Waals surface area contributed by atoms with Crippen LogP contribution in [0.15, 0.2) is 16.6 Å². The van der Waals surface area contributed by atoms with E-state index in [4.69, 9.17) is 9.84 Å². The molecule has 19 heavy (non-hydrogen) atoms. The van der Waals surface area contributed by atoms with Gasteiger partial charge in [0.1, 0.15) is 6.04 Å². The number of hydrogen-bond donors (Lipinski definition) is 3. The zero-order valence-corrected chi connectivity index (χ0v) is 12.6. The van der Waals surface area contributed by atoms with E-state index in [1.807, 2.05) is 6.92 Å². The second kappa shape index (κ2) is 6.02. The number of phenolic OH excluding ortho intramolecular Hbond substituents is 1. The first-order valence-corrected chi connectivity index (χ1v) is 7.62. The molecule has 5 nitrogen and oxygen atoms in total. The first-order valence-electron chi connectivity index (χ1n) is 5.78. The molecule has 2 rings (SSSR count). The molecule has 0 radical (unpaired) electrons. The highest BCUT2D eigenvalue weighted by molar-refractivity contribution is 9.10. The summed E-state index contributed by atoms with van der Waals surface area (Å²) in [4.78, 5) is 10.9. The van der Waals surface area contributed by atoms with Crippen LogP contribution in [0.25, 0.3) is 0 Å². The van der Waals surface area contributed by atoms with Crippen molar-refractivity contribution in [1.29, 1.82) is 0 Å². The zero-order chi connectivity index (χ0) is 14.0. The molecule has 1 aromatic carbocycles. The van der Waals surface area contributed by atoms with Gasteiger partial charge in [0.25, 0.3) is 0 Å². The molecular weight excluding hydrogens is 334 g/mol. The SMILES string of the molecule is CCOc1cc([C@H]2N[C@H](C(=O)O)CS2)cc(Br)c1O. The third kappa shape index (κ3) is 3.16. The number of rotatable bonds is 4. The normalized spacial score (nSPS) is 22.4. The molecule has 0 unspecified atom stereocenters. The maximum absolute atomic E-state index is 10.9. The second-order valence-electron chi connectivity index (χ2n) is 4.05. The fourth-order valence-electron chi connectivity index (χ4n) is 1.82. The van der Waals surface area contributed by atoms with E-state index < -0.39 is 12.0 Å². The molecule has 3 N–H and O–H groups in total. The van der Waals surface area contributed by atoms with E-state index in [1.165, 1.54) is 11.8 Å². The predicted octanol–water partition coefficient (Wildman–Crippen LogP) is 2.34. The first-order chi connectivity index (χ1) is 9.02. The van der Waals surface area contributed by atoms with Gasteiger partial charge in [-0.15, -0.1) is 11.8 Å². The van der Waals surface area contributed by atoms with Crippen molar-refractivity contribution in [2.75, 3.05) is 12.4 Å². The van der Waals surface area contributed by atoms with E-state index in [0.29, 0.717) is 22.6 Å². The van der Waals surface area contributed by atoms with Gasteiger partial charge in [-0.05, 0) is 40.5 Å². The van der Waals surface area contributed by atoms with Crippen molar-refractivity contribution in [1.82, 2.24) is 5.32 Å². The number of halogens is 1. The van der Waals surface area contributed by atoms with Gasteiger partial charge in [0.05, 0.1) is 16.5 Å². The Morgan fingerprint density at radius 2 is 2.37 bits per heavy atom. The number of ether oxygens (including phenoxy) is 1. The highest BCUT2D eigenvalue weighted by atomic mass is 79.9. The van der Waals surface area contributed by atoms with Gasteiger partial charge < -0.3 is 14.9 Å². The third-order valence-corrected chi connectivity index (χ3v) is 4.61. The molecule has 104 valence electrons. The van der Waals surface area contributed by atoms with Gasteiger partial charge >= 0.3 is 5.97 Å². The number of carbonyl (C=O) groups is 1. The zero-order valence-electron chi connectivity index (χ0n) is 10.2. The van der Waals surface area contributed by atoms with Crippen LogP contribution in [0.5, 0.6) is 11.5 Å². The Labute approximate surface area is 123 Å². The molecule has 0 aliphatic carbocycles. The minimum Gasteiger partial charge on any atom is -0.503 e. The van der Waals surface area contributed by atoms with Crippen molar-refractivity contribution in [3.05, 3.63) is 22.2 Å². The molecule has 7 heteroatoms. The molecule has 0 aromatic heterocycles. The fraction of sp³-hybridized carbons (Fsp3) is 0.417. The summed E-state index contributed by atoms with van der Waals surface area (Å²) in [5, 5.41) is 21.7. The van der Waals surface area contributed by atoms with Gasteiger partial charge in [-0.1, -0.05) is 0 Å². The van der Waals surface area contributed by atoms with Crippen LogP contribution in [0.1, 0.15) is 17.9 Å². The van der Waals surface area contributed by atoms with Gasteiger partial charge in [-0.25, -0.2) is 0 Å². The lowest BCUT2D eigenvalue weighted by molar-refractivity contribution is -0.138. The van der Waals surface area contributed by atoms with Gasteiger partial charge in [0, 0.05) is 5.75 Å². The molecule has 0 amide bonds. The number of nitrogens with one attached hydrogen (secondary N) is 1. The summed E-state index contributed by atoms with van der Waals surface area (Å²) < 4.78 is 5.90. The third-order valence-electron chi connectivity index (χ3n) is 2.73. The Morgan fingerprint density at radius 1 is 1.63 bits per heavy atom. The minimum atomic E-state index is -0.849. The second-order valence-corrected chi connectivity index (χ2v) is 6.05. The van der Waals surface area contributed by atoms with Gasteiger partial charge in [0.2, 0.25) is 0 Å². The highest BCUT2D eigenvalue weighted by Crippen LogP contribution is 2.41. The molecular formula is C12H14BrNO4S. The molecule has 0 bridgehead atoms. The lowest BCUT2D eigenvalue weighted by Crippen LogP contribution is -2.33. The summed E-state index contributed by atoms with van der Waals surface area (Å²) in [7, 11) is 0. The van der Waals surface area contributed by atoms with Crippen LogP contribution in [0.4, 0.5) is 0 Å². The van der Waals surface area contributed by atoms with Gasteiger partial charge in [-0.3, -0.25) is 10.1 Å². The van der Waals surface area contributed by atoms with Crippen molar-refractivity contribution in [2.45, 2.75) is 18.3 Å². The smallest absolute Gasteiger partial charge is 0.321 e. The van der Waals surface area contributed by atoms with Crippen LogP contribution in [0.2, 0.25) is 0 Å². The Bertz CT molecular complexity index is 497. The van der Waals surface area contributed by atoms with Crippen molar-refractivity contribution < 1.29 is 19.7 Å². The molecule has 0 spiro atoms. The Balaban J connectivity index is 2.23. The number of thioether (sulfide) groups is 1. The Morgan fingerprint density at radius 3 is 2.95 bits per heavy atom. The number of aromatic hydroxyl groups is 1. The lowest BCUT2D eigenvalue weighted by atomic mass is 10.2. The summed E-state index contributed by atoms with van der Waals surface area (Å²) in [6.45, 7) is 2.29. The van der Waals surface area contributed by atoms with Crippen LogP contribution >= 0.6 is 27.7 Å². The van der Waals surface area contributed by atoms with Crippen LogP contribution < -0.4 is 10.1 Å². The number of carboxylic acid groups (broad SMARTS) is 1. The van der Waals surface area contributed by atoms with E-state index in [2.05, 4.69) is 21.2 Å². The number of benzene rings is 1. The molecule has 1 aliphatic heterocycles. The summed E-state index contributed by atoms with van der Waals surface area (Å²) in [5.41, 5.74) is 0.877. The number of aliphatic carboxylic acids is 1. The molecule has 1 aliphatic rings. The molecule has 1 aromatic rings. The average Bonchev–Trinajstić information content (AvgIpc) is 2.84. The van der Waals surface area contributed by atoms with Crippen molar-refractivity contribution >= 4 is 33.7 Å². The Kier molecular flexibility index (Phi) is 4.59. The summed E-state index contributed by atoms with van der Waals surface area (Å²) in [5.74, 6) is 0.122. The fourth-order valence-corrected chi connectivity index (χ4v) is 3.49. The monoisotopic (exact) mass is 347 g/mol. The van der Waals surface area contributed by atoms with Gasteiger partial charge in [0.15, 0.2) is 11.5 Å². The predicted molar refractivity (Wildman–Crippen MR) is 76.7 cm³/mol. The number of phenols is 1. The van der Waals surface area contributed by atoms with Crippen LogP contribution in [0.3, 0.4) is 0 Å². The summed E-state index contributed by atoms with van der Waals surface area (Å²) >= 11 is 4.80. The van der Waals surface area contributed by atoms with Crippen LogP contribution in [0, 0.1) is 0 Å². The largest absolute Gasteiger partial charge is 0.503 e. The maximum Gasteiger partial charge on any atom is 0.321 e. The molecule has 1 heterocycles. The summed E-state index contributed by atoms with van der Waals surface area (Å²) in [6.07, 6.45) is 0. The topological polar surface area (TPSA) is 78.8 Å². The van der Waals surface area contributed by atoms with E-state index in [-0.39, 0.29) is 11.1 Å². The number of carboxylic acids is 1. The molecule has 1 fully saturated rings. The van der Waals surface area contributed by atoms with E-state index in [0.717, 1.165) is 5.56 Å². The lowest BCUT2D eigenvalue weighted by Gasteiger charge is -2.15. The van der Waals surface area contributed by atoms with Crippen LogP contribution in [-0.2, 0) is 4.79 Å². The standard InChI is InChI=1S/C12H14BrNO4S/c1-2-18-9-4-6(3-7(13)10(9)15)11-14-8(5-19-11)12(16)17/h3-4,8,11,14-15H,2,5H2,1H3,(H,16,17)/t8-,11-/m0/s1. The van der Waals surface area contributed by atoms with E-state index in [9.17, 15) is 9.90 Å². The van der Waals surface area contributed by atoms with E-state index in [1.54, 1.807) is 12.1 Å². The van der Waals surface area contributed by atoms with E-state index >= 15 is 0 Å². The average molecular weight is 348 g/mol. The van der Waals surface area contributed by atoms with Crippen molar-refractivity contribution in [3.63, 3.8) is 0 Å². The molecule has 1 saturated heterocycles. The van der Waals surface area contributed by atoms with Gasteiger partial charge in [-0.2, -0.15) is 0 Å². The minimum absolute atomic E-state index is 0.0587. The van der Waals surface area contributed by atoms with Crippen molar-refractivity contribution in [2.24, 2.45) is 0 Å². The quantitative estimate of drug-likeness (QED) is 0.775.